The third-order valence-corrected chi connectivity index (χ3v) is 18.0. The predicted octanol–water partition coefficient (Wildman–Crippen LogP) is 19.4. The number of carbonyl (C=O) groups excluding carboxylic acids is 4. The van der Waals surface area contributed by atoms with Crippen LogP contribution in [0.4, 0.5) is 0 Å². The number of carbonyl (C=O) groups is 4. The minimum absolute atomic E-state index is 0.106. The molecule has 19 heteroatoms. The highest BCUT2D eigenvalue weighted by atomic mass is 31.2. The highest BCUT2D eigenvalue weighted by Gasteiger charge is 2.30. The first-order valence-corrected chi connectivity index (χ1v) is 38.7. The molecule has 17 nitrogen and oxygen atoms in total. The van der Waals surface area contributed by atoms with Crippen LogP contribution < -0.4 is 0 Å². The zero-order chi connectivity index (χ0) is 64.2. The highest BCUT2D eigenvalue weighted by Crippen LogP contribution is 2.45. The van der Waals surface area contributed by atoms with Crippen molar-refractivity contribution in [2.24, 2.45) is 5.92 Å². The van der Waals surface area contributed by atoms with Crippen LogP contribution in [0.3, 0.4) is 0 Å². The van der Waals surface area contributed by atoms with Crippen molar-refractivity contribution in [3.05, 3.63) is 0 Å². The number of aliphatic hydroxyl groups excluding tert-OH is 1. The van der Waals surface area contributed by atoms with Gasteiger partial charge in [0.2, 0.25) is 0 Å². The van der Waals surface area contributed by atoms with E-state index in [2.05, 4.69) is 34.6 Å². The number of phosphoric acid groups is 2. The molecule has 0 aliphatic heterocycles. The van der Waals surface area contributed by atoms with Gasteiger partial charge < -0.3 is 33.8 Å². The third-order valence-electron chi connectivity index (χ3n) is 16.1. The van der Waals surface area contributed by atoms with Gasteiger partial charge in [-0.05, 0) is 31.6 Å². The molecule has 0 aromatic carbocycles. The Hall–Kier alpha value is -1.94. The Morgan fingerprint density at radius 2 is 0.552 bits per heavy atom. The number of rotatable bonds is 68. The van der Waals surface area contributed by atoms with Crippen molar-refractivity contribution < 1.29 is 80.2 Å². The van der Waals surface area contributed by atoms with Crippen molar-refractivity contribution in [1.29, 1.82) is 0 Å². The largest absolute Gasteiger partial charge is 0.472 e. The van der Waals surface area contributed by atoms with E-state index in [1.165, 1.54) is 167 Å². The third kappa shape index (κ3) is 61.3. The molecule has 0 bridgehead atoms. The fourth-order valence-electron chi connectivity index (χ4n) is 10.3. The zero-order valence-corrected chi connectivity index (χ0v) is 57.9. The van der Waals surface area contributed by atoms with E-state index in [9.17, 15) is 43.2 Å². The maximum absolute atomic E-state index is 13.0. The van der Waals surface area contributed by atoms with E-state index in [-0.39, 0.29) is 25.7 Å². The fraction of sp³-hybridized carbons (Fsp3) is 0.941. The number of hydrogen-bond acceptors (Lipinski definition) is 15. The molecule has 0 saturated heterocycles. The van der Waals surface area contributed by atoms with E-state index in [4.69, 9.17) is 37.0 Å². The van der Waals surface area contributed by atoms with Crippen LogP contribution in [0.5, 0.6) is 0 Å². The number of esters is 4. The van der Waals surface area contributed by atoms with Crippen LogP contribution in [-0.2, 0) is 65.4 Å². The molecule has 0 fully saturated rings. The van der Waals surface area contributed by atoms with Crippen molar-refractivity contribution in [3.8, 4) is 0 Å². The molecule has 516 valence electrons. The van der Waals surface area contributed by atoms with Crippen molar-refractivity contribution >= 4 is 39.5 Å². The van der Waals surface area contributed by atoms with Crippen LogP contribution in [0.15, 0.2) is 0 Å². The van der Waals surface area contributed by atoms with Gasteiger partial charge in [0.25, 0.3) is 0 Å². The lowest BCUT2D eigenvalue weighted by molar-refractivity contribution is -0.161. The minimum Gasteiger partial charge on any atom is -0.462 e. The Balaban J connectivity index is 5.21. The quantitative estimate of drug-likeness (QED) is 0.0222. The molecule has 6 atom stereocenters. The summed E-state index contributed by atoms with van der Waals surface area (Å²) in [5, 5.41) is 10.6. The number of unbranched alkanes of at least 4 members (excludes halogenated alkanes) is 39. The van der Waals surface area contributed by atoms with Crippen LogP contribution in [0.2, 0.25) is 0 Å². The van der Waals surface area contributed by atoms with E-state index in [1.54, 1.807) is 0 Å². The number of hydrogen-bond donors (Lipinski definition) is 3. The van der Waals surface area contributed by atoms with Crippen LogP contribution in [0.25, 0.3) is 0 Å². The van der Waals surface area contributed by atoms with Gasteiger partial charge >= 0.3 is 39.5 Å². The van der Waals surface area contributed by atoms with Gasteiger partial charge in [0.15, 0.2) is 12.2 Å². The number of aliphatic hydroxyl groups is 1. The minimum atomic E-state index is -4.95. The molecule has 0 spiro atoms. The summed E-state index contributed by atoms with van der Waals surface area (Å²) in [6.07, 6.45) is 47.1. The Kier molecular flexibility index (Phi) is 60.2. The molecule has 0 aromatic rings. The van der Waals surface area contributed by atoms with Gasteiger partial charge in [-0.25, -0.2) is 9.13 Å². The van der Waals surface area contributed by atoms with Gasteiger partial charge in [0.1, 0.15) is 19.3 Å². The number of ether oxygens (including phenoxy) is 4. The molecule has 0 rings (SSSR count). The van der Waals surface area contributed by atoms with E-state index >= 15 is 0 Å². The van der Waals surface area contributed by atoms with Gasteiger partial charge in [-0.15, -0.1) is 0 Å². The van der Waals surface area contributed by atoms with Crippen LogP contribution in [0, 0.1) is 5.92 Å². The Morgan fingerprint density at radius 3 is 0.816 bits per heavy atom. The second kappa shape index (κ2) is 61.6. The number of phosphoric ester groups is 2. The molecule has 3 unspecified atom stereocenters. The summed E-state index contributed by atoms with van der Waals surface area (Å²) in [4.78, 5) is 72.3. The second-order valence-corrected chi connectivity index (χ2v) is 27.7. The Bertz CT molecular complexity index is 1690. The standard InChI is InChI=1S/C68H132O17P2/c1-6-10-13-16-19-22-23-24-25-26-27-28-34-39-44-49-54-68(73)85-64(58-79-66(71)52-47-42-37-33-30-29-32-35-40-45-50-61(5)9-4)60-83-87(76,77)81-56-62(69)55-80-86(74,75)82-59-63(57-78-65(70)51-46-41-36-21-18-15-12-8-3)84-67(72)53-48-43-38-31-20-17-14-11-7-2/h61-64,69H,6-60H2,1-5H3,(H,74,75)(H,76,77)/t61?,62-,63+,64+/m0/s1. The van der Waals surface area contributed by atoms with Crippen LogP contribution >= 0.6 is 15.6 Å². The topological polar surface area (TPSA) is 237 Å². The predicted molar refractivity (Wildman–Crippen MR) is 349 cm³/mol. The Morgan fingerprint density at radius 1 is 0.322 bits per heavy atom. The zero-order valence-electron chi connectivity index (χ0n) is 56.2. The summed E-state index contributed by atoms with van der Waals surface area (Å²) in [5.41, 5.74) is 0. The molecule has 0 amide bonds. The summed E-state index contributed by atoms with van der Waals surface area (Å²) >= 11 is 0. The van der Waals surface area contributed by atoms with E-state index in [0.717, 1.165) is 102 Å². The second-order valence-electron chi connectivity index (χ2n) is 24.8. The lowest BCUT2D eigenvalue weighted by atomic mass is 9.99. The molecular formula is C68H132O17P2. The molecule has 0 heterocycles. The van der Waals surface area contributed by atoms with E-state index < -0.39 is 97.5 Å². The lowest BCUT2D eigenvalue weighted by Gasteiger charge is -2.21. The van der Waals surface area contributed by atoms with Gasteiger partial charge in [-0.3, -0.25) is 37.3 Å². The first-order valence-electron chi connectivity index (χ1n) is 35.7. The van der Waals surface area contributed by atoms with Crippen molar-refractivity contribution in [2.45, 2.75) is 368 Å². The molecule has 87 heavy (non-hydrogen) atoms. The van der Waals surface area contributed by atoms with E-state index in [1.807, 2.05) is 0 Å². The van der Waals surface area contributed by atoms with Crippen molar-refractivity contribution in [3.63, 3.8) is 0 Å². The molecule has 0 aromatic heterocycles. The molecule has 3 N–H and O–H groups in total. The molecule has 0 aliphatic carbocycles. The SMILES string of the molecule is CCCCCCCCCCCCCCCCCCC(=O)O[C@H](COC(=O)CCCCCCCCCCCCC(C)CC)COP(=O)(O)OC[C@@H](O)COP(=O)(O)OC[C@@H](COC(=O)CCCCCCCCCC)OC(=O)CCCCCCCCCCC. The first-order chi connectivity index (χ1) is 42.1. The van der Waals surface area contributed by atoms with Gasteiger partial charge in [-0.2, -0.15) is 0 Å². The van der Waals surface area contributed by atoms with Crippen molar-refractivity contribution in [1.82, 2.24) is 0 Å². The summed E-state index contributed by atoms with van der Waals surface area (Å²) < 4.78 is 68.1. The highest BCUT2D eigenvalue weighted by molar-refractivity contribution is 7.47. The van der Waals surface area contributed by atoms with Gasteiger partial charge in [0, 0.05) is 25.7 Å². The van der Waals surface area contributed by atoms with Crippen LogP contribution in [-0.4, -0.2) is 96.7 Å². The van der Waals surface area contributed by atoms with Gasteiger partial charge in [0.05, 0.1) is 26.4 Å². The summed E-state index contributed by atoms with van der Waals surface area (Å²) in [5.74, 6) is -1.32. The first kappa shape index (κ1) is 85.1. The maximum Gasteiger partial charge on any atom is 0.472 e. The average molecular weight is 1280 g/mol. The van der Waals surface area contributed by atoms with Crippen LogP contribution in [0.1, 0.15) is 349 Å². The average Bonchev–Trinajstić information content (AvgIpc) is 3.71. The molecule has 0 radical (unpaired) electrons. The normalized spacial score (nSPS) is 14.4. The lowest BCUT2D eigenvalue weighted by Crippen LogP contribution is -2.30. The van der Waals surface area contributed by atoms with Gasteiger partial charge in [-0.1, -0.05) is 298 Å². The summed E-state index contributed by atoms with van der Waals surface area (Å²) in [6, 6.07) is 0. The summed E-state index contributed by atoms with van der Waals surface area (Å²) in [7, 11) is -9.89. The Labute approximate surface area is 530 Å². The summed E-state index contributed by atoms with van der Waals surface area (Å²) in [6.45, 7) is 7.22. The molecule has 0 aliphatic rings. The maximum atomic E-state index is 13.0. The van der Waals surface area contributed by atoms with E-state index in [0.29, 0.717) is 25.7 Å². The van der Waals surface area contributed by atoms with Crippen molar-refractivity contribution in [2.75, 3.05) is 39.6 Å². The molecule has 0 saturated carbocycles. The fourth-order valence-corrected chi connectivity index (χ4v) is 11.8. The smallest absolute Gasteiger partial charge is 0.462 e. The monoisotopic (exact) mass is 1280 g/mol. The molecular weight excluding hydrogens is 1150 g/mol.